The SMILES string of the molecule is N[n+]1c(C(=O)c2ccc(Cl)cc2)cnc2ccccc21. The third kappa shape index (κ3) is 2.10. The Kier molecular flexibility index (Phi) is 3.08. The molecule has 0 aliphatic carbocycles. The largest absolute Gasteiger partial charge is 0.301 e. The molecule has 0 amide bonds. The van der Waals surface area contributed by atoms with Crippen molar-refractivity contribution in [3.63, 3.8) is 0 Å². The first-order chi connectivity index (χ1) is 9.66. The summed E-state index contributed by atoms with van der Waals surface area (Å²) in [7, 11) is 0. The lowest BCUT2D eigenvalue weighted by Gasteiger charge is -2.01. The fraction of sp³-hybridized carbons (Fsp3) is 0. The molecule has 2 aromatic carbocycles. The molecule has 1 aromatic heterocycles. The molecule has 0 spiro atoms. The van der Waals surface area contributed by atoms with Gasteiger partial charge in [0.15, 0.2) is 0 Å². The van der Waals surface area contributed by atoms with Crippen molar-refractivity contribution in [3.8, 4) is 0 Å². The first-order valence-electron chi connectivity index (χ1n) is 6.02. The number of nitrogen functional groups attached to an aromatic ring is 1. The summed E-state index contributed by atoms with van der Waals surface area (Å²) in [5, 5.41) is 0.582. The van der Waals surface area contributed by atoms with E-state index in [2.05, 4.69) is 4.98 Å². The maximum Gasteiger partial charge on any atom is 0.301 e. The third-order valence-corrected chi connectivity index (χ3v) is 3.32. The highest BCUT2D eigenvalue weighted by atomic mass is 35.5. The number of hydrogen-bond donors (Lipinski definition) is 1. The number of ketones is 1. The van der Waals surface area contributed by atoms with Crippen molar-refractivity contribution in [3.05, 3.63) is 71.0 Å². The summed E-state index contributed by atoms with van der Waals surface area (Å²) < 4.78 is 1.36. The standard InChI is InChI=1S/C15H10ClN3O/c16-11-7-5-10(6-8-11)15(20)14-9-18-12-3-1-2-4-13(12)19(14)17/h1-9H,(H-,17,18,20)/p+1. The molecule has 0 aliphatic heterocycles. The van der Waals surface area contributed by atoms with E-state index in [4.69, 9.17) is 17.4 Å². The number of halogens is 1. The summed E-state index contributed by atoms with van der Waals surface area (Å²) in [5.74, 6) is 5.82. The van der Waals surface area contributed by atoms with Gasteiger partial charge in [0, 0.05) is 16.7 Å². The van der Waals surface area contributed by atoms with Gasteiger partial charge in [0.2, 0.25) is 0 Å². The second-order valence-corrected chi connectivity index (χ2v) is 4.77. The predicted octanol–water partition coefficient (Wildman–Crippen LogP) is 2.12. The van der Waals surface area contributed by atoms with Crippen LogP contribution in [0.3, 0.4) is 0 Å². The van der Waals surface area contributed by atoms with Crippen LogP contribution in [0.4, 0.5) is 0 Å². The van der Waals surface area contributed by atoms with Crippen LogP contribution in [0.15, 0.2) is 54.7 Å². The minimum atomic E-state index is -0.192. The number of benzene rings is 2. The van der Waals surface area contributed by atoms with Gasteiger partial charge in [-0.25, -0.2) is 10.8 Å². The molecule has 3 rings (SSSR count). The van der Waals surface area contributed by atoms with Crippen LogP contribution < -0.4 is 10.5 Å². The van der Waals surface area contributed by atoms with E-state index < -0.39 is 0 Å². The Labute approximate surface area is 120 Å². The van der Waals surface area contributed by atoms with Gasteiger partial charge >= 0.3 is 5.69 Å². The maximum atomic E-state index is 12.4. The molecule has 5 heteroatoms. The number of para-hydroxylation sites is 2. The molecule has 0 saturated carbocycles. The number of hydrogen-bond acceptors (Lipinski definition) is 3. The van der Waals surface area contributed by atoms with E-state index in [1.165, 1.54) is 10.9 Å². The van der Waals surface area contributed by atoms with Crippen LogP contribution in [0.2, 0.25) is 5.02 Å². The van der Waals surface area contributed by atoms with Crippen LogP contribution in [-0.2, 0) is 0 Å². The second kappa shape index (κ2) is 4.90. The smallest absolute Gasteiger partial charge is 0.282 e. The molecule has 98 valence electrons. The fourth-order valence-electron chi connectivity index (χ4n) is 2.02. The lowest BCUT2D eigenvalue weighted by atomic mass is 10.1. The Morgan fingerprint density at radius 3 is 2.55 bits per heavy atom. The van der Waals surface area contributed by atoms with Gasteiger partial charge in [0.1, 0.15) is 11.7 Å². The van der Waals surface area contributed by atoms with Gasteiger partial charge in [0.05, 0.1) is 0 Å². The Balaban J connectivity index is 2.12. The second-order valence-electron chi connectivity index (χ2n) is 4.34. The summed E-state index contributed by atoms with van der Waals surface area (Å²) in [6.45, 7) is 0. The third-order valence-electron chi connectivity index (χ3n) is 3.07. The number of fused-ring (bicyclic) bond motifs is 1. The van der Waals surface area contributed by atoms with E-state index in [-0.39, 0.29) is 5.78 Å². The Bertz CT molecular complexity index is 800. The number of nitrogens with zero attached hydrogens (tertiary/aromatic N) is 2. The molecular weight excluding hydrogens is 274 g/mol. The van der Waals surface area contributed by atoms with E-state index in [1.807, 2.05) is 24.3 Å². The Hall–Kier alpha value is -2.46. The van der Waals surface area contributed by atoms with Crippen LogP contribution in [-0.4, -0.2) is 10.8 Å². The monoisotopic (exact) mass is 284 g/mol. The molecule has 3 aromatic rings. The Morgan fingerprint density at radius 1 is 1.10 bits per heavy atom. The number of carbonyl (C=O) groups is 1. The molecule has 0 aliphatic rings. The first-order valence-corrected chi connectivity index (χ1v) is 6.40. The van der Waals surface area contributed by atoms with E-state index in [0.29, 0.717) is 21.8 Å². The van der Waals surface area contributed by atoms with Gasteiger partial charge < -0.3 is 0 Å². The van der Waals surface area contributed by atoms with Crippen molar-refractivity contribution in [2.24, 2.45) is 0 Å². The van der Waals surface area contributed by atoms with E-state index in [9.17, 15) is 4.79 Å². The molecule has 0 unspecified atom stereocenters. The quantitative estimate of drug-likeness (QED) is 0.445. The molecule has 1 heterocycles. The lowest BCUT2D eigenvalue weighted by Crippen LogP contribution is -2.50. The minimum Gasteiger partial charge on any atom is -0.282 e. The zero-order valence-electron chi connectivity index (χ0n) is 10.5. The topological polar surface area (TPSA) is 59.9 Å². The van der Waals surface area contributed by atoms with Crippen molar-refractivity contribution < 1.29 is 9.47 Å². The van der Waals surface area contributed by atoms with Gasteiger partial charge in [-0.15, -0.1) is 0 Å². The van der Waals surface area contributed by atoms with Crippen LogP contribution in [0, 0.1) is 0 Å². The zero-order chi connectivity index (χ0) is 14.1. The molecule has 0 saturated heterocycles. The van der Waals surface area contributed by atoms with Crippen molar-refractivity contribution >= 4 is 28.4 Å². The molecular formula is C15H11ClN3O+. The molecule has 0 radical (unpaired) electrons. The van der Waals surface area contributed by atoms with E-state index >= 15 is 0 Å². The number of nitrogens with two attached hydrogens (primary N) is 1. The van der Waals surface area contributed by atoms with Gasteiger partial charge in [-0.2, -0.15) is 0 Å². The lowest BCUT2D eigenvalue weighted by molar-refractivity contribution is -0.613. The van der Waals surface area contributed by atoms with Crippen LogP contribution in [0.1, 0.15) is 16.1 Å². The molecule has 4 nitrogen and oxygen atoms in total. The molecule has 0 atom stereocenters. The summed E-state index contributed by atoms with van der Waals surface area (Å²) in [6, 6.07) is 14.1. The molecule has 2 N–H and O–H groups in total. The average molecular weight is 285 g/mol. The normalized spacial score (nSPS) is 10.7. The van der Waals surface area contributed by atoms with Crippen molar-refractivity contribution in [1.29, 1.82) is 0 Å². The van der Waals surface area contributed by atoms with Crippen LogP contribution in [0.5, 0.6) is 0 Å². The maximum absolute atomic E-state index is 12.4. The fourth-order valence-corrected chi connectivity index (χ4v) is 2.14. The number of rotatable bonds is 2. The Morgan fingerprint density at radius 2 is 1.80 bits per heavy atom. The van der Waals surface area contributed by atoms with Crippen LogP contribution >= 0.6 is 11.6 Å². The number of aromatic nitrogens is 2. The van der Waals surface area contributed by atoms with Gasteiger partial charge in [-0.05, 0) is 30.3 Å². The van der Waals surface area contributed by atoms with Gasteiger partial charge in [-0.3, -0.25) is 4.79 Å². The average Bonchev–Trinajstić information content (AvgIpc) is 2.48. The molecule has 20 heavy (non-hydrogen) atoms. The van der Waals surface area contributed by atoms with Gasteiger partial charge in [0.25, 0.3) is 11.3 Å². The first kappa shape index (κ1) is 12.6. The highest BCUT2D eigenvalue weighted by Gasteiger charge is 2.23. The highest BCUT2D eigenvalue weighted by molar-refractivity contribution is 6.30. The molecule has 0 fully saturated rings. The number of carbonyl (C=O) groups excluding carboxylic acids is 1. The van der Waals surface area contributed by atoms with Crippen molar-refractivity contribution in [1.82, 2.24) is 4.98 Å². The summed E-state index contributed by atoms with van der Waals surface area (Å²) in [4.78, 5) is 16.7. The minimum absolute atomic E-state index is 0.192. The van der Waals surface area contributed by atoms with E-state index in [1.54, 1.807) is 24.3 Å². The summed E-state index contributed by atoms with van der Waals surface area (Å²) >= 11 is 5.82. The zero-order valence-corrected chi connectivity index (χ0v) is 11.2. The van der Waals surface area contributed by atoms with Crippen molar-refractivity contribution in [2.45, 2.75) is 0 Å². The summed E-state index contributed by atoms with van der Waals surface area (Å²) in [5.41, 5.74) is 2.28. The van der Waals surface area contributed by atoms with Crippen molar-refractivity contribution in [2.75, 3.05) is 5.84 Å². The highest BCUT2D eigenvalue weighted by Crippen LogP contribution is 2.13. The van der Waals surface area contributed by atoms with Gasteiger partial charge in [-0.1, -0.05) is 28.4 Å². The van der Waals surface area contributed by atoms with Crippen LogP contribution in [0.25, 0.3) is 11.0 Å². The summed E-state index contributed by atoms with van der Waals surface area (Å²) in [6.07, 6.45) is 1.49. The molecule has 0 bridgehead atoms. The predicted molar refractivity (Wildman–Crippen MR) is 77.0 cm³/mol. The van der Waals surface area contributed by atoms with E-state index in [0.717, 1.165) is 5.52 Å².